The van der Waals surface area contributed by atoms with Crippen LogP contribution in [0.3, 0.4) is 0 Å². The molecule has 2 aromatic carbocycles. The van der Waals surface area contributed by atoms with Gasteiger partial charge in [-0.15, -0.1) is 17.0 Å². The van der Waals surface area contributed by atoms with E-state index < -0.39 is 17.9 Å². The molecule has 0 saturated heterocycles. The number of carbonyl (C=O) groups is 1. The molecule has 0 aliphatic carbocycles. The van der Waals surface area contributed by atoms with Gasteiger partial charge in [0.2, 0.25) is 0 Å². The van der Waals surface area contributed by atoms with E-state index >= 15 is 0 Å². The molecule has 0 heterocycles. The summed E-state index contributed by atoms with van der Waals surface area (Å²) in [6.07, 6.45) is 0. The first-order valence-corrected chi connectivity index (χ1v) is 6.83. The predicted molar refractivity (Wildman–Crippen MR) is 93.8 cm³/mol. The van der Waals surface area contributed by atoms with Crippen molar-refractivity contribution in [3.63, 3.8) is 0 Å². The molecule has 0 aliphatic rings. The summed E-state index contributed by atoms with van der Waals surface area (Å²) < 4.78 is 10.3. The Bertz CT molecular complexity index is 581. The number of hydrogen-bond acceptors (Lipinski definition) is 4. The van der Waals surface area contributed by atoms with E-state index in [2.05, 4.69) is 0 Å². The Morgan fingerprint density at radius 3 is 1.52 bits per heavy atom. The van der Waals surface area contributed by atoms with Gasteiger partial charge in [-0.05, 0) is 35.4 Å². The maximum absolute atomic E-state index is 11.4. The molecule has 1 atom stereocenters. The zero-order valence-electron chi connectivity index (χ0n) is 12.9. The fourth-order valence-corrected chi connectivity index (χ4v) is 2.37. The van der Waals surface area contributed by atoms with Crippen LogP contribution in [-0.4, -0.2) is 31.3 Å². The van der Waals surface area contributed by atoms with Crippen molar-refractivity contribution >= 4 is 23.0 Å². The van der Waals surface area contributed by atoms with Crippen LogP contribution in [0, 0.1) is 0 Å². The van der Waals surface area contributed by atoms with Crippen LogP contribution in [0.4, 0.5) is 0 Å². The van der Waals surface area contributed by atoms with E-state index in [1.54, 1.807) is 38.5 Å². The Kier molecular flexibility index (Phi) is 7.06. The first-order chi connectivity index (χ1) is 10.6. The van der Waals surface area contributed by atoms with Crippen LogP contribution in [0.5, 0.6) is 11.5 Å². The molecule has 0 unspecified atom stereocenters. The number of nitrogens with two attached hydrogens (primary N) is 1. The van der Waals surface area contributed by atoms with Crippen LogP contribution in [-0.2, 0) is 4.79 Å². The highest BCUT2D eigenvalue weighted by Gasteiger charge is 2.27. The number of hydrogen-bond donors (Lipinski definition) is 2. The normalized spacial score (nSPS) is 11.5. The molecule has 6 heteroatoms. The lowest BCUT2D eigenvalue weighted by molar-refractivity contribution is -0.138. The number of ether oxygens (including phenoxy) is 2. The quantitative estimate of drug-likeness (QED) is 0.803. The minimum atomic E-state index is -1.04. The molecule has 2 aromatic rings. The van der Waals surface area contributed by atoms with E-state index in [0.717, 1.165) is 11.1 Å². The summed E-state index contributed by atoms with van der Waals surface area (Å²) in [6, 6.07) is 13.4. The third kappa shape index (κ3) is 4.46. The van der Waals surface area contributed by atoms with Crippen molar-refractivity contribution < 1.29 is 19.4 Å². The standard InChI is InChI=1S/C17H19NO4.BrH/c1-21-13-7-3-11(4-8-13)15(16(18)17(19)20)12-5-9-14(22-2)10-6-12;/h3-10,15-16H,18H2,1-2H3,(H,19,20);1H/t16-;/m0./s1. The molecule has 3 N–H and O–H groups in total. The second-order valence-corrected chi connectivity index (χ2v) is 4.89. The van der Waals surface area contributed by atoms with Gasteiger partial charge >= 0.3 is 5.97 Å². The van der Waals surface area contributed by atoms with Gasteiger partial charge in [0.1, 0.15) is 17.5 Å². The van der Waals surface area contributed by atoms with Gasteiger partial charge < -0.3 is 20.3 Å². The van der Waals surface area contributed by atoms with Crippen molar-refractivity contribution in [1.82, 2.24) is 0 Å². The first kappa shape index (κ1) is 19.0. The SMILES string of the molecule is Br.COc1ccc(C(c2ccc(OC)cc2)[C@H](N)C(=O)O)cc1. The van der Waals surface area contributed by atoms with Gasteiger partial charge in [-0.1, -0.05) is 24.3 Å². The van der Waals surface area contributed by atoms with E-state index in [0.29, 0.717) is 11.5 Å². The van der Waals surface area contributed by atoms with Gasteiger partial charge in [-0.3, -0.25) is 4.79 Å². The van der Waals surface area contributed by atoms with Crippen LogP contribution in [0.2, 0.25) is 0 Å². The number of carboxylic acids is 1. The van der Waals surface area contributed by atoms with Crippen LogP contribution < -0.4 is 15.2 Å². The fraction of sp³-hybridized carbons (Fsp3) is 0.235. The van der Waals surface area contributed by atoms with Crippen LogP contribution in [0.1, 0.15) is 17.0 Å². The number of aliphatic carboxylic acids is 1. The van der Waals surface area contributed by atoms with E-state index in [1.807, 2.05) is 24.3 Å². The largest absolute Gasteiger partial charge is 0.497 e. The second kappa shape index (κ2) is 8.55. The molecule has 0 fully saturated rings. The highest BCUT2D eigenvalue weighted by atomic mass is 79.9. The zero-order chi connectivity index (χ0) is 16.1. The van der Waals surface area contributed by atoms with E-state index in [-0.39, 0.29) is 17.0 Å². The van der Waals surface area contributed by atoms with Gasteiger partial charge in [0.05, 0.1) is 14.2 Å². The predicted octanol–water partition coefficient (Wildman–Crippen LogP) is 2.83. The monoisotopic (exact) mass is 381 g/mol. The molecule has 0 amide bonds. The first-order valence-electron chi connectivity index (χ1n) is 6.83. The molecule has 2 rings (SSSR count). The number of halogens is 1. The van der Waals surface area contributed by atoms with Gasteiger partial charge in [0.25, 0.3) is 0 Å². The fourth-order valence-electron chi connectivity index (χ4n) is 2.37. The lowest BCUT2D eigenvalue weighted by Gasteiger charge is -2.22. The van der Waals surface area contributed by atoms with Crippen LogP contribution in [0.25, 0.3) is 0 Å². The third-order valence-corrected chi connectivity index (χ3v) is 3.59. The van der Waals surface area contributed by atoms with Gasteiger partial charge in [0, 0.05) is 5.92 Å². The Morgan fingerprint density at radius 1 is 0.913 bits per heavy atom. The molecule has 0 bridgehead atoms. The van der Waals surface area contributed by atoms with Crippen molar-refractivity contribution in [2.75, 3.05) is 14.2 Å². The van der Waals surface area contributed by atoms with Crippen molar-refractivity contribution in [1.29, 1.82) is 0 Å². The van der Waals surface area contributed by atoms with Crippen molar-refractivity contribution in [3.8, 4) is 11.5 Å². The molecular weight excluding hydrogens is 362 g/mol. The Labute approximate surface area is 145 Å². The highest BCUT2D eigenvalue weighted by molar-refractivity contribution is 8.93. The van der Waals surface area contributed by atoms with Gasteiger partial charge in [-0.2, -0.15) is 0 Å². The Balaban J connectivity index is 0.00000264. The van der Waals surface area contributed by atoms with Gasteiger partial charge in [0.15, 0.2) is 0 Å². The average Bonchev–Trinajstić information content (AvgIpc) is 2.56. The molecule has 0 radical (unpaired) electrons. The maximum Gasteiger partial charge on any atom is 0.321 e. The smallest absolute Gasteiger partial charge is 0.321 e. The number of methoxy groups -OCH3 is 2. The second-order valence-electron chi connectivity index (χ2n) is 4.89. The summed E-state index contributed by atoms with van der Waals surface area (Å²) >= 11 is 0. The third-order valence-electron chi connectivity index (χ3n) is 3.59. The van der Waals surface area contributed by atoms with Crippen molar-refractivity contribution in [2.45, 2.75) is 12.0 Å². The Morgan fingerprint density at radius 2 is 1.26 bits per heavy atom. The summed E-state index contributed by atoms with van der Waals surface area (Å²) in [5, 5.41) is 9.30. The average molecular weight is 382 g/mol. The summed E-state index contributed by atoms with van der Waals surface area (Å²) in [5.74, 6) is -0.0757. The minimum Gasteiger partial charge on any atom is -0.497 e. The lowest BCUT2D eigenvalue weighted by Crippen LogP contribution is -2.37. The maximum atomic E-state index is 11.4. The molecule has 0 spiro atoms. The van der Waals surface area contributed by atoms with Crippen LogP contribution >= 0.6 is 17.0 Å². The summed E-state index contributed by atoms with van der Waals surface area (Å²) in [4.78, 5) is 11.4. The summed E-state index contributed by atoms with van der Waals surface area (Å²) in [6.45, 7) is 0. The van der Waals surface area contributed by atoms with Crippen LogP contribution in [0.15, 0.2) is 48.5 Å². The molecule has 0 aliphatic heterocycles. The van der Waals surface area contributed by atoms with E-state index in [1.165, 1.54) is 0 Å². The van der Waals surface area contributed by atoms with Crippen molar-refractivity contribution in [2.24, 2.45) is 5.73 Å². The van der Waals surface area contributed by atoms with Crippen molar-refractivity contribution in [3.05, 3.63) is 59.7 Å². The van der Waals surface area contributed by atoms with Gasteiger partial charge in [-0.25, -0.2) is 0 Å². The Hall–Kier alpha value is -2.05. The molecule has 23 heavy (non-hydrogen) atoms. The molecule has 124 valence electrons. The lowest BCUT2D eigenvalue weighted by atomic mass is 9.85. The number of carboxylic acid groups (broad SMARTS) is 1. The molecule has 0 saturated carbocycles. The zero-order valence-corrected chi connectivity index (χ0v) is 14.6. The highest BCUT2D eigenvalue weighted by Crippen LogP contribution is 2.30. The summed E-state index contributed by atoms with van der Waals surface area (Å²) in [7, 11) is 3.16. The number of benzene rings is 2. The molecular formula is C17H20BrNO4. The minimum absolute atomic E-state index is 0. The van der Waals surface area contributed by atoms with E-state index in [9.17, 15) is 9.90 Å². The topological polar surface area (TPSA) is 81.8 Å². The molecule has 5 nitrogen and oxygen atoms in total. The molecule has 0 aromatic heterocycles. The van der Waals surface area contributed by atoms with E-state index in [4.69, 9.17) is 15.2 Å². The number of rotatable bonds is 6. The summed E-state index contributed by atoms with van der Waals surface area (Å²) in [5.41, 5.74) is 7.54.